The van der Waals surface area contributed by atoms with E-state index >= 15 is 0 Å². The van der Waals surface area contributed by atoms with Gasteiger partial charge in [-0.15, -0.1) is 0 Å². The van der Waals surface area contributed by atoms with Crippen molar-refractivity contribution in [1.82, 2.24) is 4.98 Å². The van der Waals surface area contributed by atoms with E-state index < -0.39 is 0 Å². The number of nitrogens with zero attached hydrogens (tertiary/aromatic N) is 3. The van der Waals surface area contributed by atoms with Crippen molar-refractivity contribution in [2.75, 3.05) is 0 Å². The number of halogens is 1. The second kappa shape index (κ2) is 3.17. The van der Waals surface area contributed by atoms with Crippen LogP contribution in [-0.4, -0.2) is 21.0 Å². The van der Waals surface area contributed by atoms with E-state index in [4.69, 9.17) is 0 Å². The fourth-order valence-electron chi connectivity index (χ4n) is 1.03. The van der Waals surface area contributed by atoms with Crippen molar-refractivity contribution < 1.29 is 0 Å². The average molecular weight is 285 g/mol. The van der Waals surface area contributed by atoms with Gasteiger partial charge in [-0.25, -0.2) is 9.98 Å². The maximum atomic E-state index is 4.37. The van der Waals surface area contributed by atoms with Crippen molar-refractivity contribution >= 4 is 40.8 Å². The summed E-state index contributed by atoms with van der Waals surface area (Å²) in [5.74, 6) is 0.742. The smallest absolute Gasteiger partial charge is 0.160 e. The second-order valence-corrected chi connectivity index (χ2v) is 5.14. The van der Waals surface area contributed by atoms with Crippen LogP contribution in [0.2, 0.25) is 0 Å². The molecular formula is C9H8IN3. The molecule has 0 spiro atoms. The lowest BCUT2D eigenvalue weighted by Gasteiger charge is -2.07. The molecule has 1 atom stereocenters. The number of hydrogen-bond acceptors (Lipinski definition) is 3. The molecule has 0 saturated carbocycles. The zero-order chi connectivity index (χ0) is 9.31. The van der Waals surface area contributed by atoms with Gasteiger partial charge in [0.2, 0.25) is 0 Å². The molecule has 0 aromatic carbocycles. The van der Waals surface area contributed by atoms with Gasteiger partial charge in [-0.3, -0.25) is 4.99 Å². The van der Waals surface area contributed by atoms with E-state index in [0.717, 1.165) is 11.4 Å². The normalized spacial score (nSPS) is 25.4. The molecule has 13 heavy (non-hydrogen) atoms. The van der Waals surface area contributed by atoms with E-state index in [9.17, 15) is 0 Å². The van der Waals surface area contributed by atoms with Gasteiger partial charge >= 0.3 is 0 Å². The fourth-order valence-corrected chi connectivity index (χ4v) is 1.30. The van der Waals surface area contributed by atoms with E-state index in [1.807, 2.05) is 31.5 Å². The van der Waals surface area contributed by atoms with Crippen LogP contribution < -0.4 is 0 Å². The van der Waals surface area contributed by atoms with Gasteiger partial charge in [0, 0.05) is 24.2 Å². The van der Waals surface area contributed by atoms with E-state index in [1.165, 1.54) is 0 Å². The summed E-state index contributed by atoms with van der Waals surface area (Å²) >= 11 is 2.24. The Labute approximate surface area is 90.2 Å². The van der Waals surface area contributed by atoms with Crippen molar-refractivity contribution in [2.45, 2.75) is 10.5 Å². The average Bonchev–Trinajstić information content (AvgIpc) is 2.27. The van der Waals surface area contributed by atoms with Gasteiger partial charge in [0.25, 0.3) is 0 Å². The van der Waals surface area contributed by atoms with Crippen LogP contribution in [0.3, 0.4) is 0 Å². The fraction of sp³-hybridized carbons (Fsp3) is 0.222. The summed E-state index contributed by atoms with van der Waals surface area (Å²) in [4.78, 5) is 12.8. The molecule has 3 nitrogen and oxygen atoms in total. The molecule has 0 N–H and O–H groups in total. The Kier molecular flexibility index (Phi) is 2.15. The highest BCUT2D eigenvalue weighted by atomic mass is 127. The maximum Gasteiger partial charge on any atom is 0.160 e. The van der Waals surface area contributed by atoms with E-state index in [1.54, 1.807) is 6.20 Å². The highest BCUT2D eigenvalue weighted by molar-refractivity contribution is 14.1. The summed E-state index contributed by atoms with van der Waals surface area (Å²) in [6, 6.07) is 3.84. The third kappa shape index (κ3) is 1.93. The first-order valence-electron chi connectivity index (χ1n) is 3.92. The van der Waals surface area contributed by atoms with Crippen LogP contribution >= 0.6 is 22.6 Å². The summed E-state index contributed by atoms with van der Waals surface area (Å²) in [6.45, 7) is 2.00. The zero-order valence-electron chi connectivity index (χ0n) is 7.11. The van der Waals surface area contributed by atoms with Gasteiger partial charge < -0.3 is 0 Å². The molecule has 1 aromatic heterocycles. The molecule has 4 heteroatoms. The molecule has 0 radical (unpaired) electrons. The quantitative estimate of drug-likeness (QED) is 0.409. The van der Waals surface area contributed by atoms with Crippen LogP contribution in [0.1, 0.15) is 12.5 Å². The lowest BCUT2D eigenvalue weighted by atomic mass is 10.3. The number of aromatic nitrogens is 1. The summed E-state index contributed by atoms with van der Waals surface area (Å²) < 4.78 is -0.252. The monoisotopic (exact) mass is 285 g/mol. The number of aliphatic imine (C=N–C) groups is 2. The molecule has 1 aliphatic heterocycles. The molecule has 1 unspecified atom stereocenters. The Bertz CT molecular complexity index is 347. The van der Waals surface area contributed by atoms with Crippen molar-refractivity contribution in [3.63, 3.8) is 0 Å². The summed E-state index contributed by atoms with van der Waals surface area (Å²) in [6.07, 6.45) is 5.37. The van der Waals surface area contributed by atoms with Crippen molar-refractivity contribution in [3.05, 3.63) is 23.9 Å². The van der Waals surface area contributed by atoms with Gasteiger partial charge in [-0.2, -0.15) is 0 Å². The van der Waals surface area contributed by atoms with Crippen molar-refractivity contribution in [2.24, 2.45) is 9.98 Å². The second-order valence-electron chi connectivity index (χ2n) is 2.96. The molecule has 0 fully saturated rings. The van der Waals surface area contributed by atoms with Crippen LogP contribution in [0.15, 0.2) is 28.3 Å². The lowest BCUT2D eigenvalue weighted by Crippen LogP contribution is -2.12. The molecule has 66 valence electrons. The highest BCUT2D eigenvalue weighted by Crippen LogP contribution is 2.23. The van der Waals surface area contributed by atoms with Crippen LogP contribution in [0.5, 0.6) is 0 Å². The predicted octanol–water partition coefficient (Wildman–Crippen LogP) is 2.37. The topological polar surface area (TPSA) is 37.6 Å². The molecule has 0 aliphatic carbocycles. The Morgan fingerprint density at radius 2 is 2.31 bits per heavy atom. The largest absolute Gasteiger partial charge is 0.270 e. The van der Waals surface area contributed by atoms with Crippen LogP contribution in [-0.2, 0) is 0 Å². The first-order valence-corrected chi connectivity index (χ1v) is 5.00. The van der Waals surface area contributed by atoms with E-state index in [-0.39, 0.29) is 3.55 Å². The summed E-state index contributed by atoms with van der Waals surface area (Å²) in [5, 5.41) is 0. The molecular weight excluding hydrogens is 277 g/mol. The van der Waals surface area contributed by atoms with Crippen molar-refractivity contribution in [1.29, 1.82) is 0 Å². The SMILES string of the molecule is CC1(I)C=Nc2ncccc2C=N1. The lowest BCUT2D eigenvalue weighted by molar-refractivity contribution is 0.970. The van der Waals surface area contributed by atoms with Crippen LogP contribution in [0.4, 0.5) is 5.82 Å². The standard InChI is InChI=1S/C9H8IN3/c1-9(10)6-12-8-7(5-13-9)3-2-4-11-8/h2-6H,1H3. The molecule has 2 heterocycles. The van der Waals surface area contributed by atoms with Crippen LogP contribution in [0.25, 0.3) is 0 Å². The maximum absolute atomic E-state index is 4.37. The number of rotatable bonds is 0. The van der Waals surface area contributed by atoms with Gasteiger partial charge in [0.15, 0.2) is 5.82 Å². The molecule has 0 saturated heterocycles. The summed E-state index contributed by atoms with van der Waals surface area (Å²) in [5.41, 5.74) is 0.971. The minimum atomic E-state index is -0.252. The number of pyridine rings is 1. The third-order valence-electron chi connectivity index (χ3n) is 1.70. The predicted molar refractivity (Wildman–Crippen MR) is 62.4 cm³/mol. The van der Waals surface area contributed by atoms with Gasteiger partial charge in [0.1, 0.15) is 3.55 Å². The molecule has 0 bridgehead atoms. The highest BCUT2D eigenvalue weighted by Gasteiger charge is 2.17. The van der Waals surface area contributed by atoms with E-state index in [0.29, 0.717) is 0 Å². The molecule has 2 rings (SSSR count). The number of alkyl halides is 1. The third-order valence-corrected chi connectivity index (χ3v) is 2.25. The van der Waals surface area contributed by atoms with Gasteiger partial charge in [0.05, 0.1) is 0 Å². The van der Waals surface area contributed by atoms with Gasteiger partial charge in [-0.1, -0.05) is 0 Å². The molecule has 1 aromatic rings. The zero-order valence-corrected chi connectivity index (χ0v) is 9.26. The Hall–Kier alpha value is -0.780. The minimum Gasteiger partial charge on any atom is -0.270 e. The first kappa shape index (κ1) is 8.80. The Morgan fingerprint density at radius 3 is 3.15 bits per heavy atom. The Balaban J connectivity index is 2.53. The van der Waals surface area contributed by atoms with E-state index in [2.05, 4.69) is 37.6 Å². The molecule has 0 amide bonds. The van der Waals surface area contributed by atoms with Gasteiger partial charge in [-0.05, 0) is 41.6 Å². The van der Waals surface area contributed by atoms with Crippen LogP contribution in [0, 0.1) is 0 Å². The first-order chi connectivity index (χ1) is 6.17. The number of fused-ring (bicyclic) bond motifs is 1. The minimum absolute atomic E-state index is 0.252. The Morgan fingerprint density at radius 1 is 1.46 bits per heavy atom. The molecule has 1 aliphatic rings. The van der Waals surface area contributed by atoms with Crippen molar-refractivity contribution in [3.8, 4) is 0 Å². The summed E-state index contributed by atoms with van der Waals surface area (Å²) in [7, 11) is 0. The number of hydrogen-bond donors (Lipinski definition) is 0.